The van der Waals surface area contributed by atoms with E-state index in [0.717, 1.165) is 41.5 Å². The minimum absolute atomic E-state index is 0.473. The molecule has 0 saturated carbocycles. The Kier molecular flexibility index (Phi) is 10.5. The van der Waals surface area contributed by atoms with Crippen molar-refractivity contribution in [1.82, 2.24) is 0 Å². The second kappa shape index (κ2) is 12.4. The average Bonchev–Trinajstić information content (AvgIpc) is 2.69. The Balaban J connectivity index is 3.52. The molecule has 14 heteroatoms. The zero-order valence-electron chi connectivity index (χ0n) is 21.4. The smallest absolute Gasteiger partial charge is 0.455 e. The number of hydrogen-bond acceptors (Lipinski definition) is 12. The fourth-order valence-electron chi connectivity index (χ4n) is 3.34. The van der Waals surface area contributed by atoms with E-state index in [1.54, 1.807) is 38.1 Å². The Labute approximate surface area is 210 Å². The molecule has 0 aliphatic carbocycles. The quantitative estimate of drug-likeness (QED) is 0.398. The van der Waals surface area contributed by atoms with Gasteiger partial charge in [-0.3, -0.25) is 28.8 Å². The monoisotopic (exact) mass is 542 g/mol. The minimum atomic E-state index is -4.22. The lowest BCUT2D eigenvalue weighted by Gasteiger charge is -2.32. The lowest BCUT2D eigenvalue weighted by molar-refractivity contribution is -0.151. The highest BCUT2D eigenvalue weighted by molar-refractivity contribution is 6.67. The van der Waals surface area contributed by atoms with Crippen molar-refractivity contribution in [3.05, 3.63) is 35.4 Å². The van der Waals surface area contributed by atoms with Crippen LogP contribution in [0.15, 0.2) is 24.3 Å². The summed E-state index contributed by atoms with van der Waals surface area (Å²) in [5.74, 6) is -4.83. The van der Waals surface area contributed by atoms with Gasteiger partial charge in [-0.2, -0.15) is 0 Å². The van der Waals surface area contributed by atoms with Gasteiger partial charge in [0.05, 0.1) is 11.1 Å². The molecule has 0 N–H and O–H groups in total. The van der Waals surface area contributed by atoms with Crippen molar-refractivity contribution < 1.29 is 55.3 Å². The molecule has 198 valence electrons. The molecule has 1 aromatic carbocycles. The van der Waals surface area contributed by atoms with E-state index in [1.807, 2.05) is 0 Å². The summed E-state index contributed by atoms with van der Waals surface area (Å²) < 4.78 is 31.7. The molecule has 0 radical (unpaired) electrons. The molecule has 0 bridgehead atoms. The zero-order chi connectivity index (χ0) is 27.8. The summed E-state index contributed by atoms with van der Waals surface area (Å²) in [6.45, 7) is 9.69. The maximum atomic E-state index is 11.8. The van der Waals surface area contributed by atoms with E-state index in [-0.39, 0.29) is 0 Å². The maximum Gasteiger partial charge on any atom is 0.712 e. The predicted octanol–water partition coefficient (Wildman–Crippen LogP) is 2.23. The Morgan fingerprint density at radius 3 is 0.778 bits per heavy atom. The van der Waals surface area contributed by atoms with Gasteiger partial charge in [-0.1, -0.05) is 38.1 Å². The van der Waals surface area contributed by atoms with Crippen molar-refractivity contribution in [3.63, 3.8) is 0 Å². The van der Waals surface area contributed by atoms with Crippen LogP contribution >= 0.6 is 0 Å². The average molecular weight is 543 g/mol. The first kappa shape index (κ1) is 30.5. The molecular weight excluding hydrogens is 512 g/mol. The molecule has 0 heterocycles. The number of rotatable bonds is 10. The molecule has 0 saturated heterocycles. The van der Waals surface area contributed by atoms with Crippen LogP contribution in [0.3, 0.4) is 0 Å². The highest BCUT2D eigenvalue weighted by Crippen LogP contribution is 2.34. The molecule has 0 fully saturated rings. The van der Waals surface area contributed by atoms with Gasteiger partial charge >= 0.3 is 17.6 Å². The summed E-state index contributed by atoms with van der Waals surface area (Å²) in [6, 6.07) is 6.29. The SMILES string of the molecule is CC(=O)O[Si](OC(C)=O)(OC(C)=O)C(C)c1ccc(C(C)[Si](OC(C)=O)(OC(C)=O)OC(C)=O)cc1. The first-order valence-corrected chi connectivity index (χ1v) is 14.4. The van der Waals surface area contributed by atoms with Crippen LogP contribution in [-0.2, 0) is 55.3 Å². The van der Waals surface area contributed by atoms with Gasteiger partial charge in [0.1, 0.15) is 0 Å². The van der Waals surface area contributed by atoms with E-state index in [2.05, 4.69) is 0 Å². The summed E-state index contributed by atoms with van der Waals surface area (Å²) >= 11 is 0. The lowest BCUT2D eigenvalue weighted by atomic mass is 10.1. The van der Waals surface area contributed by atoms with Gasteiger partial charge in [-0.25, -0.2) is 0 Å². The standard InChI is InChI=1S/C22H30O12Si2/c1-13(35(29-15(3)23,30-16(4)24)31-17(5)25)21-9-11-22(12-10-21)14(2)36(32-18(6)26,33-19(7)27)34-20(8)28/h9-14H,1-8H3. The van der Waals surface area contributed by atoms with Crippen molar-refractivity contribution >= 4 is 53.4 Å². The minimum Gasteiger partial charge on any atom is -0.455 e. The molecular formula is C22H30O12Si2. The summed E-state index contributed by atoms with van der Waals surface area (Å²) in [4.78, 5) is 70.7. The topological polar surface area (TPSA) is 158 Å². The second-order valence-corrected chi connectivity index (χ2v) is 13.3. The third-order valence-corrected chi connectivity index (χ3v) is 10.9. The van der Waals surface area contributed by atoms with Gasteiger partial charge < -0.3 is 26.6 Å². The maximum absolute atomic E-state index is 11.8. The Morgan fingerprint density at radius 1 is 0.472 bits per heavy atom. The summed E-state index contributed by atoms with van der Waals surface area (Å²) in [6.07, 6.45) is 0. The van der Waals surface area contributed by atoms with E-state index in [0.29, 0.717) is 11.1 Å². The molecule has 0 spiro atoms. The van der Waals surface area contributed by atoms with Crippen LogP contribution < -0.4 is 0 Å². The van der Waals surface area contributed by atoms with E-state index in [1.165, 1.54) is 0 Å². The van der Waals surface area contributed by atoms with Crippen LogP contribution in [0, 0.1) is 0 Å². The molecule has 0 amide bonds. The van der Waals surface area contributed by atoms with Gasteiger partial charge in [0.2, 0.25) is 0 Å². The van der Waals surface area contributed by atoms with Gasteiger partial charge in [0.25, 0.3) is 35.8 Å². The lowest BCUT2D eigenvalue weighted by Crippen LogP contribution is -2.54. The van der Waals surface area contributed by atoms with Gasteiger partial charge in [-0.15, -0.1) is 0 Å². The highest BCUT2D eigenvalue weighted by atomic mass is 28.4. The Morgan fingerprint density at radius 2 is 0.639 bits per heavy atom. The van der Waals surface area contributed by atoms with Crippen LogP contribution in [0.1, 0.15) is 77.6 Å². The van der Waals surface area contributed by atoms with Crippen LogP contribution in [0.25, 0.3) is 0 Å². The van der Waals surface area contributed by atoms with Crippen LogP contribution in [0.2, 0.25) is 0 Å². The fraction of sp³-hybridized carbons (Fsp3) is 0.455. The molecule has 0 aromatic heterocycles. The molecule has 36 heavy (non-hydrogen) atoms. The predicted molar refractivity (Wildman–Crippen MR) is 125 cm³/mol. The Bertz CT molecular complexity index is 858. The molecule has 12 nitrogen and oxygen atoms in total. The Hall–Kier alpha value is -3.53. The normalized spacial score (nSPS) is 12.9. The van der Waals surface area contributed by atoms with E-state index < -0.39 is 64.5 Å². The third-order valence-electron chi connectivity index (χ3n) is 4.71. The molecule has 0 aliphatic heterocycles. The first-order valence-electron chi connectivity index (χ1n) is 10.8. The van der Waals surface area contributed by atoms with E-state index in [4.69, 9.17) is 26.6 Å². The van der Waals surface area contributed by atoms with Gasteiger partial charge in [-0.05, 0) is 11.1 Å². The molecule has 2 unspecified atom stereocenters. The van der Waals surface area contributed by atoms with Gasteiger partial charge in [0, 0.05) is 41.5 Å². The van der Waals surface area contributed by atoms with Crippen molar-refractivity contribution in [2.24, 2.45) is 0 Å². The molecule has 0 aliphatic rings. The molecule has 1 rings (SSSR count). The summed E-state index contributed by atoms with van der Waals surface area (Å²) in [7, 11) is -8.45. The van der Waals surface area contributed by atoms with Crippen LogP contribution in [-0.4, -0.2) is 53.4 Å². The number of carbonyl (C=O) groups is 6. The third kappa shape index (κ3) is 8.30. The van der Waals surface area contributed by atoms with E-state index in [9.17, 15) is 28.8 Å². The number of hydrogen-bond donors (Lipinski definition) is 0. The number of benzene rings is 1. The van der Waals surface area contributed by atoms with Crippen LogP contribution in [0.4, 0.5) is 0 Å². The first-order chi connectivity index (χ1) is 16.5. The molecule has 2 atom stereocenters. The fourth-order valence-corrected chi connectivity index (χ4v) is 8.26. The van der Waals surface area contributed by atoms with Crippen molar-refractivity contribution in [3.8, 4) is 0 Å². The van der Waals surface area contributed by atoms with Gasteiger partial charge in [0.15, 0.2) is 0 Å². The van der Waals surface area contributed by atoms with Crippen LogP contribution in [0.5, 0.6) is 0 Å². The summed E-state index contributed by atoms with van der Waals surface area (Å²) in [5.41, 5.74) is -0.755. The van der Waals surface area contributed by atoms with E-state index >= 15 is 0 Å². The second-order valence-electron chi connectivity index (χ2n) is 7.88. The highest BCUT2D eigenvalue weighted by Gasteiger charge is 2.59. The van der Waals surface area contributed by atoms with Crippen molar-refractivity contribution in [1.29, 1.82) is 0 Å². The van der Waals surface area contributed by atoms with Crippen molar-refractivity contribution in [2.45, 2.75) is 66.5 Å². The summed E-state index contributed by atoms with van der Waals surface area (Å²) in [5, 5.41) is 0. The largest absolute Gasteiger partial charge is 0.712 e. The zero-order valence-corrected chi connectivity index (χ0v) is 23.4. The molecule has 1 aromatic rings. The number of carbonyl (C=O) groups excluding carboxylic acids is 6. The van der Waals surface area contributed by atoms with Crippen molar-refractivity contribution in [2.75, 3.05) is 0 Å².